The highest BCUT2D eigenvalue weighted by Gasteiger charge is 2.20. The van der Waals surface area contributed by atoms with Crippen LogP contribution in [-0.4, -0.2) is 28.5 Å². The van der Waals surface area contributed by atoms with Gasteiger partial charge in [0.05, 0.1) is 0 Å². The minimum absolute atomic E-state index is 0.315. The van der Waals surface area contributed by atoms with Gasteiger partial charge in [-0.1, -0.05) is 19.1 Å². The van der Waals surface area contributed by atoms with E-state index in [2.05, 4.69) is 49.0 Å². The lowest BCUT2D eigenvalue weighted by Gasteiger charge is -2.30. The minimum Gasteiger partial charge on any atom is -0.351 e. The first kappa shape index (κ1) is 14.2. The number of hydrogen-bond donors (Lipinski definition) is 0. The first-order valence-electron chi connectivity index (χ1n) is 7.96. The maximum Gasteiger partial charge on any atom is 0.222 e. The van der Waals surface area contributed by atoms with Crippen molar-refractivity contribution in [2.24, 2.45) is 13.0 Å². The predicted molar refractivity (Wildman–Crippen MR) is 86.2 cm³/mol. The number of likely N-dealkylation sites (tertiary alicyclic amines) is 1. The summed E-state index contributed by atoms with van der Waals surface area (Å²) in [6.07, 6.45) is 5.86. The lowest BCUT2D eigenvalue weighted by Crippen LogP contribution is -2.37. The third-order valence-corrected chi connectivity index (χ3v) is 4.76. The van der Waals surface area contributed by atoms with Crippen molar-refractivity contribution in [3.05, 3.63) is 36.0 Å². The molecule has 0 radical (unpaired) electrons. The van der Waals surface area contributed by atoms with Crippen LogP contribution in [0.4, 0.5) is 0 Å². The molecule has 0 aliphatic carbocycles. The summed E-state index contributed by atoms with van der Waals surface area (Å²) in [7, 11) is 2.06. The summed E-state index contributed by atoms with van der Waals surface area (Å²) in [5, 5.41) is 1.28. The second-order valence-corrected chi connectivity index (χ2v) is 6.34. The quantitative estimate of drug-likeness (QED) is 0.848. The molecule has 21 heavy (non-hydrogen) atoms. The van der Waals surface area contributed by atoms with Crippen LogP contribution in [0.3, 0.4) is 0 Å². The fourth-order valence-corrected chi connectivity index (χ4v) is 3.24. The molecule has 0 bridgehead atoms. The summed E-state index contributed by atoms with van der Waals surface area (Å²) < 4.78 is 2.13. The van der Waals surface area contributed by atoms with Gasteiger partial charge in [0.25, 0.3) is 0 Å². The van der Waals surface area contributed by atoms with Crippen molar-refractivity contribution in [1.82, 2.24) is 9.47 Å². The highest BCUT2D eigenvalue weighted by atomic mass is 16.2. The molecule has 1 aromatic heterocycles. The van der Waals surface area contributed by atoms with Crippen molar-refractivity contribution < 1.29 is 4.79 Å². The van der Waals surface area contributed by atoms with Crippen molar-refractivity contribution in [2.45, 2.75) is 32.6 Å². The summed E-state index contributed by atoms with van der Waals surface area (Å²) in [5.41, 5.74) is 2.53. The van der Waals surface area contributed by atoms with E-state index in [9.17, 15) is 4.79 Å². The van der Waals surface area contributed by atoms with Gasteiger partial charge in [-0.15, -0.1) is 0 Å². The Balaban J connectivity index is 1.65. The van der Waals surface area contributed by atoms with Crippen LogP contribution in [-0.2, 0) is 18.3 Å². The Morgan fingerprint density at radius 3 is 2.76 bits per heavy atom. The summed E-state index contributed by atoms with van der Waals surface area (Å²) in [4.78, 5) is 14.4. The zero-order valence-corrected chi connectivity index (χ0v) is 13.0. The molecule has 0 N–H and O–H groups in total. The number of hydrogen-bond acceptors (Lipinski definition) is 1. The van der Waals surface area contributed by atoms with E-state index in [4.69, 9.17) is 0 Å². The van der Waals surface area contributed by atoms with Crippen LogP contribution in [0, 0.1) is 5.92 Å². The number of fused-ring (bicyclic) bond motifs is 1. The smallest absolute Gasteiger partial charge is 0.222 e. The van der Waals surface area contributed by atoms with E-state index in [1.165, 1.54) is 16.5 Å². The standard InChI is InChI=1S/C18H24N2O/c1-14-8-12-20(13-9-14)18(21)7-6-15-4-3-5-17-16(15)10-11-19(17)2/h3-5,10-11,14H,6-9,12-13H2,1-2H3. The Hall–Kier alpha value is -1.77. The molecule has 0 spiro atoms. The fraction of sp³-hybridized carbons (Fsp3) is 0.500. The molecule has 1 aromatic carbocycles. The van der Waals surface area contributed by atoms with E-state index in [1.807, 2.05) is 4.90 Å². The summed E-state index contributed by atoms with van der Waals surface area (Å²) >= 11 is 0. The van der Waals surface area contributed by atoms with Gasteiger partial charge in [-0.05, 0) is 42.9 Å². The van der Waals surface area contributed by atoms with Gasteiger partial charge in [0, 0.05) is 43.7 Å². The van der Waals surface area contributed by atoms with Crippen molar-refractivity contribution in [3.8, 4) is 0 Å². The number of carbonyl (C=O) groups is 1. The van der Waals surface area contributed by atoms with E-state index >= 15 is 0 Å². The number of aryl methyl sites for hydroxylation is 2. The summed E-state index contributed by atoms with van der Waals surface area (Å²) in [6.45, 7) is 4.16. The maximum absolute atomic E-state index is 12.3. The molecule has 1 amide bonds. The minimum atomic E-state index is 0.315. The van der Waals surface area contributed by atoms with Crippen LogP contribution in [0.15, 0.2) is 30.5 Å². The van der Waals surface area contributed by atoms with E-state index in [-0.39, 0.29) is 0 Å². The van der Waals surface area contributed by atoms with Crippen molar-refractivity contribution in [3.63, 3.8) is 0 Å². The number of carbonyl (C=O) groups excluding carboxylic acids is 1. The zero-order chi connectivity index (χ0) is 14.8. The summed E-state index contributed by atoms with van der Waals surface area (Å²) in [5.74, 6) is 1.09. The Morgan fingerprint density at radius 1 is 1.24 bits per heavy atom. The van der Waals surface area contributed by atoms with Gasteiger partial charge in [-0.2, -0.15) is 0 Å². The predicted octanol–water partition coefficient (Wildman–Crippen LogP) is 3.37. The average Bonchev–Trinajstić information content (AvgIpc) is 2.88. The molecular formula is C18H24N2O. The van der Waals surface area contributed by atoms with Crippen molar-refractivity contribution in [2.75, 3.05) is 13.1 Å². The maximum atomic E-state index is 12.3. The van der Waals surface area contributed by atoms with Crippen molar-refractivity contribution in [1.29, 1.82) is 0 Å². The molecule has 112 valence electrons. The molecule has 0 saturated carbocycles. The second-order valence-electron chi connectivity index (χ2n) is 6.34. The van der Waals surface area contributed by atoms with Gasteiger partial charge in [0.1, 0.15) is 0 Å². The summed E-state index contributed by atoms with van der Waals surface area (Å²) in [6, 6.07) is 8.52. The highest BCUT2D eigenvalue weighted by molar-refractivity contribution is 5.84. The third-order valence-electron chi connectivity index (χ3n) is 4.76. The lowest BCUT2D eigenvalue weighted by atomic mass is 9.98. The molecule has 0 atom stereocenters. The van der Waals surface area contributed by atoms with Gasteiger partial charge in [0.2, 0.25) is 5.91 Å². The molecule has 0 unspecified atom stereocenters. The number of nitrogens with zero attached hydrogens (tertiary/aromatic N) is 2. The number of aromatic nitrogens is 1. The molecule has 1 fully saturated rings. The van der Waals surface area contributed by atoms with Crippen LogP contribution in [0.2, 0.25) is 0 Å². The Morgan fingerprint density at radius 2 is 2.00 bits per heavy atom. The molecule has 3 rings (SSSR count). The Kier molecular flexibility index (Phi) is 4.00. The largest absolute Gasteiger partial charge is 0.351 e. The molecule has 2 aromatic rings. The van der Waals surface area contributed by atoms with Crippen LogP contribution >= 0.6 is 0 Å². The number of amides is 1. The van der Waals surface area contributed by atoms with E-state index in [1.54, 1.807) is 0 Å². The van der Waals surface area contributed by atoms with Crippen LogP contribution in [0.1, 0.15) is 31.7 Å². The molecule has 2 heterocycles. The second kappa shape index (κ2) is 5.92. The number of rotatable bonds is 3. The normalized spacial score (nSPS) is 16.6. The molecule has 1 aliphatic heterocycles. The molecule has 3 nitrogen and oxygen atoms in total. The van der Waals surface area contributed by atoms with Gasteiger partial charge >= 0.3 is 0 Å². The van der Waals surface area contributed by atoms with Crippen molar-refractivity contribution >= 4 is 16.8 Å². The Bertz CT molecular complexity index is 636. The first-order valence-corrected chi connectivity index (χ1v) is 7.96. The molecule has 1 saturated heterocycles. The van der Waals surface area contributed by atoms with Gasteiger partial charge in [-0.25, -0.2) is 0 Å². The zero-order valence-electron chi connectivity index (χ0n) is 13.0. The molecule has 3 heteroatoms. The van der Waals surface area contributed by atoms with E-state index in [0.717, 1.165) is 38.3 Å². The van der Waals surface area contributed by atoms with Crippen LogP contribution < -0.4 is 0 Å². The van der Waals surface area contributed by atoms with Crippen LogP contribution in [0.25, 0.3) is 10.9 Å². The Labute approximate surface area is 126 Å². The third kappa shape index (κ3) is 2.97. The van der Waals surface area contributed by atoms with Crippen LogP contribution in [0.5, 0.6) is 0 Å². The van der Waals surface area contributed by atoms with Gasteiger partial charge in [0.15, 0.2) is 0 Å². The molecule has 1 aliphatic rings. The van der Waals surface area contributed by atoms with E-state index in [0.29, 0.717) is 12.3 Å². The lowest BCUT2D eigenvalue weighted by molar-refractivity contribution is -0.132. The topological polar surface area (TPSA) is 25.2 Å². The van der Waals surface area contributed by atoms with E-state index < -0.39 is 0 Å². The average molecular weight is 284 g/mol. The fourth-order valence-electron chi connectivity index (χ4n) is 3.24. The molecular weight excluding hydrogens is 260 g/mol. The number of piperidine rings is 1. The first-order chi connectivity index (χ1) is 10.1. The number of benzene rings is 1. The van der Waals surface area contributed by atoms with Gasteiger partial charge < -0.3 is 9.47 Å². The van der Waals surface area contributed by atoms with Gasteiger partial charge in [-0.3, -0.25) is 4.79 Å². The monoisotopic (exact) mass is 284 g/mol. The highest BCUT2D eigenvalue weighted by Crippen LogP contribution is 2.22. The SMILES string of the molecule is CC1CCN(C(=O)CCc2cccc3c2ccn3C)CC1.